The second-order valence-electron chi connectivity index (χ2n) is 5.74. The number of nitrogens with one attached hydrogen (secondary N) is 1. The predicted molar refractivity (Wildman–Crippen MR) is 73.9 cm³/mol. The predicted octanol–water partition coefficient (Wildman–Crippen LogP) is 2.64. The van der Waals surface area contributed by atoms with Crippen molar-refractivity contribution in [3.8, 4) is 6.07 Å². The minimum absolute atomic E-state index is 0.227. The van der Waals surface area contributed by atoms with Crippen molar-refractivity contribution >= 4 is 0 Å². The Morgan fingerprint density at radius 2 is 2.06 bits per heavy atom. The summed E-state index contributed by atoms with van der Waals surface area (Å²) in [7, 11) is 2.18. The number of rotatable bonds is 9. The van der Waals surface area contributed by atoms with Crippen LogP contribution in [0.5, 0.6) is 0 Å². The maximum atomic E-state index is 8.59. The van der Waals surface area contributed by atoms with E-state index in [2.05, 4.69) is 51.0 Å². The lowest BCUT2D eigenvalue weighted by Gasteiger charge is -2.26. The molecule has 0 saturated carbocycles. The zero-order valence-corrected chi connectivity index (χ0v) is 12.2. The van der Waals surface area contributed by atoms with Crippen molar-refractivity contribution in [2.75, 3.05) is 26.7 Å². The summed E-state index contributed by atoms with van der Waals surface area (Å²) < 4.78 is 0. The second kappa shape index (κ2) is 8.49. The molecule has 1 unspecified atom stereocenters. The van der Waals surface area contributed by atoms with Crippen molar-refractivity contribution in [3.63, 3.8) is 0 Å². The minimum atomic E-state index is 0.227. The maximum Gasteiger partial charge on any atom is 0.0621 e. The Bertz CT molecular complexity index is 230. The average molecular weight is 239 g/mol. The highest BCUT2D eigenvalue weighted by Gasteiger charge is 2.16. The summed E-state index contributed by atoms with van der Waals surface area (Å²) in [4.78, 5) is 2.38. The third-order valence-electron chi connectivity index (χ3n) is 3.50. The van der Waals surface area contributed by atoms with Crippen LogP contribution in [-0.2, 0) is 0 Å². The van der Waals surface area contributed by atoms with Crippen molar-refractivity contribution in [1.82, 2.24) is 10.2 Å². The number of nitrogens with zero attached hydrogens (tertiary/aromatic N) is 2. The van der Waals surface area contributed by atoms with Crippen molar-refractivity contribution in [3.05, 3.63) is 0 Å². The molecule has 0 radical (unpaired) electrons. The number of hydrogen-bond acceptors (Lipinski definition) is 3. The summed E-state index contributed by atoms with van der Waals surface area (Å²) in [6, 6.07) is 2.87. The quantitative estimate of drug-likeness (QED) is 0.629. The Kier molecular flexibility index (Phi) is 8.20. The molecule has 0 heterocycles. The van der Waals surface area contributed by atoms with E-state index >= 15 is 0 Å². The van der Waals surface area contributed by atoms with Crippen molar-refractivity contribution < 1.29 is 0 Å². The molecular weight excluding hydrogens is 210 g/mol. The summed E-state index contributed by atoms with van der Waals surface area (Å²) in [6.45, 7) is 12.0. The van der Waals surface area contributed by atoms with Crippen molar-refractivity contribution in [2.24, 2.45) is 5.41 Å². The number of nitriles is 1. The molecule has 1 atom stereocenters. The van der Waals surface area contributed by atoms with Crippen LogP contribution in [0.4, 0.5) is 0 Å². The van der Waals surface area contributed by atoms with Gasteiger partial charge in [-0.3, -0.25) is 0 Å². The summed E-state index contributed by atoms with van der Waals surface area (Å²) in [6.07, 6.45) is 2.82. The molecule has 0 aliphatic rings. The third kappa shape index (κ3) is 8.18. The second-order valence-corrected chi connectivity index (χ2v) is 5.74. The highest BCUT2D eigenvalue weighted by atomic mass is 15.1. The molecular formula is C14H29N3. The Morgan fingerprint density at radius 1 is 1.41 bits per heavy atom. The van der Waals surface area contributed by atoms with E-state index in [4.69, 9.17) is 5.26 Å². The summed E-state index contributed by atoms with van der Waals surface area (Å²) in [5.74, 6) is 0. The fraction of sp³-hybridized carbons (Fsp3) is 0.929. The van der Waals surface area contributed by atoms with Gasteiger partial charge in [-0.15, -0.1) is 0 Å². The number of likely N-dealkylation sites (N-methyl/N-ethyl adjacent to an activating group) is 1. The standard InChI is InChI=1S/C14H29N3/c1-6-13(2)17(5)11-10-16-12-14(3,4)8-7-9-15/h13,16H,6-8,10-12H2,1-5H3. The van der Waals surface area contributed by atoms with E-state index in [-0.39, 0.29) is 5.41 Å². The van der Waals surface area contributed by atoms with Gasteiger partial charge in [0.15, 0.2) is 0 Å². The van der Waals surface area contributed by atoms with Gasteiger partial charge in [0.1, 0.15) is 0 Å². The van der Waals surface area contributed by atoms with Gasteiger partial charge in [-0.05, 0) is 32.2 Å². The van der Waals surface area contributed by atoms with E-state index in [0.717, 1.165) is 26.1 Å². The van der Waals surface area contributed by atoms with E-state index in [0.29, 0.717) is 12.5 Å². The zero-order valence-electron chi connectivity index (χ0n) is 12.2. The molecule has 3 heteroatoms. The molecule has 0 spiro atoms. The van der Waals surface area contributed by atoms with Gasteiger partial charge < -0.3 is 10.2 Å². The first kappa shape index (κ1) is 16.4. The molecule has 17 heavy (non-hydrogen) atoms. The molecule has 0 amide bonds. The Morgan fingerprint density at radius 3 is 2.59 bits per heavy atom. The van der Waals surface area contributed by atoms with Crippen LogP contribution in [0.25, 0.3) is 0 Å². The third-order valence-corrected chi connectivity index (χ3v) is 3.50. The van der Waals surface area contributed by atoms with E-state index in [1.54, 1.807) is 0 Å². The molecule has 0 bridgehead atoms. The molecule has 0 aromatic carbocycles. The van der Waals surface area contributed by atoms with Crippen LogP contribution in [0.2, 0.25) is 0 Å². The number of hydrogen-bond donors (Lipinski definition) is 1. The largest absolute Gasteiger partial charge is 0.315 e. The molecule has 0 aliphatic carbocycles. The van der Waals surface area contributed by atoms with Gasteiger partial charge in [-0.2, -0.15) is 5.26 Å². The topological polar surface area (TPSA) is 39.1 Å². The molecule has 0 saturated heterocycles. The first-order valence-electron chi connectivity index (χ1n) is 6.71. The van der Waals surface area contributed by atoms with Gasteiger partial charge in [0.25, 0.3) is 0 Å². The molecule has 0 fully saturated rings. The summed E-state index contributed by atoms with van der Waals surface area (Å²) in [5, 5.41) is 12.1. The normalized spacial score (nSPS) is 13.7. The molecule has 3 nitrogen and oxygen atoms in total. The summed E-state index contributed by atoms with van der Waals surface area (Å²) >= 11 is 0. The highest BCUT2D eigenvalue weighted by Crippen LogP contribution is 2.20. The maximum absolute atomic E-state index is 8.59. The molecule has 0 aromatic heterocycles. The van der Waals surface area contributed by atoms with Crippen molar-refractivity contribution in [2.45, 2.75) is 53.0 Å². The van der Waals surface area contributed by atoms with E-state index in [9.17, 15) is 0 Å². The van der Waals surface area contributed by atoms with Gasteiger partial charge in [-0.1, -0.05) is 20.8 Å². The monoisotopic (exact) mass is 239 g/mol. The van der Waals surface area contributed by atoms with Gasteiger partial charge in [0, 0.05) is 32.1 Å². The lowest BCUT2D eigenvalue weighted by molar-refractivity contribution is 0.242. The zero-order chi connectivity index (χ0) is 13.3. The summed E-state index contributed by atoms with van der Waals surface area (Å²) in [5.41, 5.74) is 0.227. The van der Waals surface area contributed by atoms with Crippen LogP contribution < -0.4 is 5.32 Å². The molecule has 0 aromatic rings. The van der Waals surface area contributed by atoms with Gasteiger partial charge in [-0.25, -0.2) is 0 Å². The molecule has 0 rings (SSSR count). The lowest BCUT2D eigenvalue weighted by Crippen LogP contribution is -2.38. The first-order chi connectivity index (χ1) is 7.93. The van der Waals surface area contributed by atoms with Crippen LogP contribution in [0, 0.1) is 16.7 Å². The van der Waals surface area contributed by atoms with Crippen LogP contribution in [0.15, 0.2) is 0 Å². The molecule has 0 aliphatic heterocycles. The van der Waals surface area contributed by atoms with E-state index in [1.807, 2.05) is 0 Å². The Labute approximate surface area is 107 Å². The van der Waals surface area contributed by atoms with Crippen LogP contribution >= 0.6 is 0 Å². The fourth-order valence-electron chi connectivity index (χ4n) is 1.70. The smallest absolute Gasteiger partial charge is 0.0621 e. The van der Waals surface area contributed by atoms with Gasteiger partial charge in [0.05, 0.1) is 6.07 Å². The SMILES string of the molecule is CCC(C)N(C)CCNCC(C)(C)CCC#N. The van der Waals surface area contributed by atoms with Crippen molar-refractivity contribution in [1.29, 1.82) is 5.26 Å². The fourth-order valence-corrected chi connectivity index (χ4v) is 1.70. The van der Waals surface area contributed by atoms with E-state index < -0.39 is 0 Å². The highest BCUT2D eigenvalue weighted by molar-refractivity contribution is 4.78. The van der Waals surface area contributed by atoms with Crippen LogP contribution in [-0.4, -0.2) is 37.6 Å². The average Bonchev–Trinajstić information content (AvgIpc) is 2.30. The molecule has 1 N–H and O–H groups in total. The van der Waals surface area contributed by atoms with Gasteiger partial charge >= 0.3 is 0 Å². The molecule has 100 valence electrons. The Balaban J connectivity index is 3.66. The Hall–Kier alpha value is -0.590. The lowest BCUT2D eigenvalue weighted by atomic mass is 9.88. The first-order valence-corrected chi connectivity index (χ1v) is 6.71. The minimum Gasteiger partial charge on any atom is -0.315 e. The van der Waals surface area contributed by atoms with Crippen LogP contribution in [0.1, 0.15) is 47.0 Å². The van der Waals surface area contributed by atoms with Gasteiger partial charge in [0.2, 0.25) is 0 Å². The van der Waals surface area contributed by atoms with E-state index in [1.165, 1.54) is 6.42 Å². The van der Waals surface area contributed by atoms with Crippen LogP contribution in [0.3, 0.4) is 0 Å².